The van der Waals surface area contributed by atoms with E-state index < -0.39 is 0 Å². The predicted molar refractivity (Wildman–Crippen MR) is 83.6 cm³/mol. The fourth-order valence-electron chi connectivity index (χ4n) is 2.02. The third-order valence-corrected chi connectivity index (χ3v) is 3.11. The zero-order chi connectivity index (χ0) is 14.6. The molecular weight excluding hydrogens is 250 g/mol. The van der Waals surface area contributed by atoms with Crippen molar-refractivity contribution in [3.05, 3.63) is 35.9 Å². The second-order valence-electron chi connectivity index (χ2n) is 5.03. The van der Waals surface area contributed by atoms with Gasteiger partial charge in [-0.05, 0) is 32.1 Å². The molecule has 112 valence electrons. The summed E-state index contributed by atoms with van der Waals surface area (Å²) in [6.45, 7) is 6.41. The van der Waals surface area contributed by atoms with E-state index >= 15 is 0 Å². The third kappa shape index (κ3) is 7.92. The average Bonchev–Trinajstić information content (AvgIpc) is 2.45. The Morgan fingerprint density at radius 3 is 2.65 bits per heavy atom. The molecule has 1 aromatic carbocycles. The minimum absolute atomic E-state index is 0.136. The van der Waals surface area contributed by atoms with Gasteiger partial charge in [-0.1, -0.05) is 37.3 Å². The summed E-state index contributed by atoms with van der Waals surface area (Å²) < 4.78 is 0. The largest absolute Gasteiger partial charge is 0.356 e. The van der Waals surface area contributed by atoms with Gasteiger partial charge in [0.2, 0.25) is 5.91 Å². The van der Waals surface area contributed by atoms with E-state index in [1.54, 1.807) is 0 Å². The first-order chi connectivity index (χ1) is 9.72. The van der Waals surface area contributed by atoms with Gasteiger partial charge in [0, 0.05) is 26.1 Å². The average molecular weight is 277 g/mol. The van der Waals surface area contributed by atoms with Crippen LogP contribution in [-0.4, -0.2) is 44.0 Å². The predicted octanol–water partition coefficient (Wildman–Crippen LogP) is 1.62. The Morgan fingerprint density at radius 1 is 1.20 bits per heavy atom. The summed E-state index contributed by atoms with van der Waals surface area (Å²) in [5, 5.41) is 6.10. The van der Waals surface area contributed by atoms with Crippen molar-refractivity contribution in [1.82, 2.24) is 15.5 Å². The minimum atomic E-state index is 0.136. The molecule has 0 fully saturated rings. The lowest BCUT2D eigenvalue weighted by atomic mass is 10.2. The van der Waals surface area contributed by atoms with Crippen LogP contribution in [0.3, 0.4) is 0 Å². The van der Waals surface area contributed by atoms with Gasteiger partial charge in [-0.3, -0.25) is 4.79 Å². The van der Waals surface area contributed by atoms with Crippen LogP contribution in [0.1, 0.15) is 25.3 Å². The van der Waals surface area contributed by atoms with Gasteiger partial charge in [0.25, 0.3) is 0 Å². The molecule has 0 saturated heterocycles. The van der Waals surface area contributed by atoms with Gasteiger partial charge in [0.05, 0.1) is 0 Å². The quantitative estimate of drug-likeness (QED) is 0.639. The smallest absolute Gasteiger partial charge is 0.221 e. The molecule has 0 aliphatic carbocycles. The molecule has 4 nitrogen and oxygen atoms in total. The summed E-state index contributed by atoms with van der Waals surface area (Å²) in [6, 6.07) is 10.4. The van der Waals surface area contributed by atoms with Gasteiger partial charge in [0.1, 0.15) is 0 Å². The van der Waals surface area contributed by atoms with E-state index in [-0.39, 0.29) is 5.91 Å². The first-order valence-electron chi connectivity index (χ1n) is 7.42. The van der Waals surface area contributed by atoms with E-state index in [9.17, 15) is 4.79 Å². The lowest BCUT2D eigenvalue weighted by molar-refractivity contribution is -0.121. The molecule has 0 aromatic heterocycles. The SMILES string of the molecule is CCNCCC(=O)NCCCN(C)Cc1ccccc1. The number of hydrogen-bond donors (Lipinski definition) is 2. The highest BCUT2D eigenvalue weighted by molar-refractivity contribution is 5.75. The summed E-state index contributed by atoms with van der Waals surface area (Å²) in [6.07, 6.45) is 1.55. The van der Waals surface area contributed by atoms with Crippen LogP contribution in [0.5, 0.6) is 0 Å². The number of nitrogens with zero attached hydrogens (tertiary/aromatic N) is 1. The number of rotatable bonds is 10. The molecular formula is C16H27N3O. The molecule has 0 atom stereocenters. The Bertz CT molecular complexity index is 367. The molecule has 1 rings (SSSR count). The van der Waals surface area contributed by atoms with Gasteiger partial charge < -0.3 is 15.5 Å². The molecule has 0 bridgehead atoms. The highest BCUT2D eigenvalue weighted by atomic mass is 16.1. The molecule has 0 radical (unpaired) electrons. The molecule has 0 heterocycles. The van der Waals surface area contributed by atoms with E-state index in [0.29, 0.717) is 6.42 Å². The monoisotopic (exact) mass is 277 g/mol. The Labute approximate surface area is 122 Å². The van der Waals surface area contributed by atoms with Crippen molar-refractivity contribution in [1.29, 1.82) is 0 Å². The van der Waals surface area contributed by atoms with Crippen LogP contribution in [0, 0.1) is 0 Å². The zero-order valence-electron chi connectivity index (χ0n) is 12.7. The first-order valence-corrected chi connectivity index (χ1v) is 7.42. The Morgan fingerprint density at radius 2 is 1.95 bits per heavy atom. The van der Waals surface area contributed by atoms with Crippen molar-refractivity contribution < 1.29 is 4.79 Å². The molecule has 0 spiro atoms. The summed E-state index contributed by atoms with van der Waals surface area (Å²) >= 11 is 0. The second-order valence-corrected chi connectivity index (χ2v) is 5.03. The second kappa shape index (κ2) is 10.4. The lowest BCUT2D eigenvalue weighted by Gasteiger charge is -2.16. The van der Waals surface area contributed by atoms with Crippen LogP contribution in [0.15, 0.2) is 30.3 Å². The standard InChI is InChI=1S/C16H27N3O/c1-3-17-12-10-16(20)18-11-7-13-19(2)14-15-8-5-4-6-9-15/h4-6,8-9,17H,3,7,10-14H2,1-2H3,(H,18,20). The highest BCUT2D eigenvalue weighted by Gasteiger charge is 2.02. The van der Waals surface area contributed by atoms with E-state index in [1.165, 1.54) is 5.56 Å². The Hall–Kier alpha value is -1.39. The minimum Gasteiger partial charge on any atom is -0.356 e. The van der Waals surface area contributed by atoms with E-state index in [4.69, 9.17) is 0 Å². The number of amides is 1. The fourth-order valence-corrected chi connectivity index (χ4v) is 2.02. The van der Waals surface area contributed by atoms with Crippen LogP contribution < -0.4 is 10.6 Å². The summed E-state index contributed by atoms with van der Waals surface area (Å²) in [7, 11) is 2.11. The first kappa shape index (κ1) is 16.7. The molecule has 1 amide bonds. The van der Waals surface area contributed by atoms with Crippen LogP contribution in [0.2, 0.25) is 0 Å². The number of nitrogens with one attached hydrogen (secondary N) is 2. The lowest BCUT2D eigenvalue weighted by Crippen LogP contribution is -2.30. The van der Waals surface area contributed by atoms with Crippen LogP contribution in [0.25, 0.3) is 0 Å². The molecule has 0 unspecified atom stereocenters. The van der Waals surface area contributed by atoms with Gasteiger partial charge in [-0.2, -0.15) is 0 Å². The normalized spacial score (nSPS) is 10.8. The van der Waals surface area contributed by atoms with Crippen LogP contribution in [-0.2, 0) is 11.3 Å². The topological polar surface area (TPSA) is 44.4 Å². The summed E-state index contributed by atoms with van der Waals surface area (Å²) in [4.78, 5) is 13.8. The molecule has 0 aliphatic heterocycles. The van der Waals surface area contributed by atoms with Gasteiger partial charge in [-0.25, -0.2) is 0 Å². The van der Waals surface area contributed by atoms with Crippen molar-refractivity contribution in [3.8, 4) is 0 Å². The number of carbonyl (C=O) groups is 1. The molecule has 4 heteroatoms. The van der Waals surface area contributed by atoms with Crippen molar-refractivity contribution in [2.24, 2.45) is 0 Å². The van der Waals surface area contributed by atoms with Gasteiger partial charge in [0.15, 0.2) is 0 Å². The maximum Gasteiger partial charge on any atom is 0.221 e. The summed E-state index contributed by atoms with van der Waals surface area (Å²) in [5.74, 6) is 0.136. The van der Waals surface area contributed by atoms with Crippen molar-refractivity contribution in [2.45, 2.75) is 26.3 Å². The Kier molecular flexibility index (Phi) is 8.67. The van der Waals surface area contributed by atoms with Crippen LogP contribution >= 0.6 is 0 Å². The number of carbonyl (C=O) groups excluding carboxylic acids is 1. The zero-order valence-corrected chi connectivity index (χ0v) is 12.7. The van der Waals surface area contributed by atoms with Crippen molar-refractivity contribution in [2.75, 3.05) is 33.2 Å². The Balaban J connectivity index is 2.04. The maximum absolute atomic E-state index is 11.5. The van der Waals surface area contributed by atoms with Crippen LogP contribution in [0.4, 0.5) is 0 Å². The van der Waals surface area contributed by atoms with E-state index in [1.807, 2.05) is 13.0 Å². The van der Waals surface area contributed by atoms with Crippen molar-refractivity contribution in [3.63, 3.8) is 0 Å². The molecule has 2 N–H and O–H groups in total. The highest BCUT2D eigenvalue weighted by Crippen LogP contribution is 2.02. The molecule has 20 heavy (non-hydrogen) atoms. The summed E-state index contributed by atoms with van der Waals surface area (Å²) in [5.41, 5.74) is 1.32. The molecule has 0 aliphatic rings. The van der Waals surface area contributed by atoms with Gasteiger partial charge >= 0.3 is 0 Å². The maximum atomic E-state index is 11.5. The fraction of sp³-hybridized carbons (Fsp3) is 0.562. The molecule has 1 aromatic rings. The number of hydrogen-bond acceptors (Lipinski definition) is 3. The number of benzene rings is 1. The van der Waals surface area contributed by atoms with Gasteiger partial charge in [-0.15, -0.1) is 0 Å². The molecule has 0 saturated carbocycles. The third-order valence-electron chi connectivity index (χ3n) is 3.11. The van der Waals surface area contributed by atoms with E-state index in [0.717, 1.165) is 39.1 Å². The van der Waals surface area contributed by atoms with Crippen molar-refractivity contribution >= 4 is 5.91 Å². The van der Waals surface area contributed by atoms with E-state index in [2.05, 4.69) is 46.8 Å².